The van der Waals surface area contributed by atoms with E-state index in [1.54, 1.807) is 25.1 Å². The molecule has 2 aromatic carbocycles. The Morgan fingerprint density at radius 2 is 1.90 bits per heavy atom. The van der Waals surface area contributed by atoms with E-state index in [9.17, 15) is 4.79 Å². The van der Waals surface area contributed by atoms with Crippen LogP contribution >= 0.6 is 35.0 Å². The highest BCUT2D eigenvalue weighted by molar-refractivity contribution is 7.99. The maximum Gasteiger partial charge on any atom is 0.250 e. The molecule has 1 N–H and O–H groups in total. The first-order valence-corrected chi connectivity index (χ1v) is 11.0. The Morgan fingerprint density at radius 3 is 2.57 bits per heavy atom. The Bertz CT molecular complexity index is 1080. The minimum atomic E-state index is -0.244. The zero-order chi connectivity index (χ0) is 21.7. The van der Waals surface area contributed by atoms with Gasteiger partial charge in [0.05, 0.1) is 16.5 Å². The standard InChI is InChI=1S/C21H21Cl2N5OS/c1-4-28-20(15-7-5-13(2)6-8-15)26-27-21(28)30-12-19(29)25-24-14(3)17-10-9-16(22)11-18(17)23/h5-11H,4,12H2,1-3H3,(H,25,29). The second kappa shape index (κ2) is 10.1. The third-order valence-electron chi connectivity index (χ3n) is 4.34. The highest BCUT2D eigenvalue weighted by Gasteiger charge is 2.14. The first-order valence-electron chi connectivity index (χ1n) is 9.30. The van der Waals surface area contributed by atoms with Crippen molar-refractivity contribution in [1.82, 2.24) is 20.2 Å². The predicted octanol–water partition coefficient (Wildman–Crippen LogP) is 5.21. The molecule has 0 atom stereocenters. The molecule has 0 unspecified atom stereocenters. The van der Waals surface area contributed by atoms with E-state index in [4.69, 9.17) is 23.2 Å². The summed E-state index contributed by atoms with van der Waals surface area (Å²) in [5.41, 5.74) is 6.03. The zero-order valence-corrected chi connectivity index (χ0v) is 19.1. The number of carbonyl (C=O) groups is 1. The van der Waals surface area contributed by atoms with Gasteiger partial charge in [-0.25, -0.2) is 5.43 Å². The zero-order valence-electron chi connectivity index (χ0n) is 16.8. The van der Waals surface area contributed by atoms with Crippen LogP contribution in [0.15, 0.2) is 52.7 Å². The van der Waals surface area contributed by atoms with E-state index in [1.807, 2.05) is 42.7 Å². The number of aromatic nitrogens is 3. The summed E-state index contributed by atoms with van der Waals surface area (Å²) in [6, 6.07) is 13.2. The molecule has 0 saturated heterocycles. The molecule has 3 rings (SSSR count). The summed E-state index contributed by atoms with van der Waals surface area (Å²) in [4.78, 5) is 12.3. The van der Waals surface area contributed by atoms with E-state index in [1.165, 1.54) is 17.3 Å². The van der Waals surface area contributed by atoms with Crippen LogP contribution < -0.4 is 5.43 Å². The van der Waals surface area contributed by atoms with E-state index in [2.05, 4.69) is 20.7 Å². The first-order chi connectivity index (χ1) is 14.4. The van der Waals surface area contributed by atoms with Gasteiger partial charge in [0.1, 0.15) is 0 Å². The van der Waals surface area contributed by atoms with E-state index in [0.717, 1.165) is 11.4 Å². The molecule has 0 radical (unpaired) electrons. The van der Waals surface area contributed by atoms with E-state index in [0.29, 0.717) is 33.0 Å². The fraction of sp³-hybridized carbons (Fsp3) is 0.238. The molecular formula is C21H21Cl2N5OS. The number of rotatable bonds is 7. The largest absolute Gasteiger partial charge is 0.302 e. The average Bonchev–Trinajstić information content (AvgIpc) is 3.14. The molecule has 1 aromatic heterocycles. The van der Waals surface area contributed by atoms with Crippen molar-refractivity contribution in [3.8, 4) is 11.4 Å². The monoisotopic (exact) mass is 461 g/mol. The van der Waals surface area contributed by atoms with Crippen molar-refractivity contribution < 1.29 is 4.79 Å². The predicted molar refractivity (Wildman–Crippen MR) is 123 cm³/mol. The van der Waals surface area contributed by atoms with Gasteiger partial charge in [0, 0.05) is 22.7 Å². The minimum Gasteiger partial charge on any atom is -0.302 e. The summed E-state index contributed by atoms with van der Waals surface area (Å²) >= 11 is 13.4. The number of aryl methyl sites for hydroxylation is 1. The average molecular weight is 462 g/mol. The van der Waals surface area contributed by atoms with Gasteiger partial charge in [-0.3, -0.25) is 4.79 Å². The van der Waals surface area contributed by atoms with Gasteiger partial charge in [-0.05, 0) is 32.9 Å². The number of benzene rings is 2. The maximum absolute atomic E-state index is 12.3. The van der Waals surface area contributed by atoms with Gasteiger partial charge in [0.25, 0.3) is 5.91 Å². The van der Waals surface area contributed by atoms with Gasteiger partial charge in [-0.15, -0.1) is 10.2 Å². The molecule has 1 heterocycles. The molecule has 0 spiro atoms. The molecular weight excluding hydrogens is 441 g/mol. The highest BCUT2D eigenvalue weighted by atomic mass is 35.5. The topological polar surface area (TPSA) is 72.2 Å². The molecule has 0 aliphatic carbocycles. The number of halogens is 2. The molecule has 156 valence electrons. The summed E-state index contributed by atoms with van der Waals surface area (Å²) in [6.07, 6.45) is 0. The number of hydrogen-bond acceptors (Lipinski definition) is 5. The lowest BCUT2D eigenvalue weighted by molar-refractivity contribution is -0.118. The third-order valence-corrected chi connectivity index (χ3v) is 5.86. The SMILES string of the molecule is CCn1c(SCC(=O)NN=C(C)c2ccc(Cl)cc2Cl)nnc1-c1ccc(C)cc1. The highest BCUT2D eigenvalue weighted by Crippen LogP contribution is 2.24. The van der Waals surface area contributed by atoms with Crippen molar-refractivity contribution in [3.63, 3.8) is 0 Å². The summed E-state index contributed by atoms with van der Waals surface area (Å²) in [5.74, 6) is 0.704. The van der Waals surface area contributed by atoms with E-state index >= 15 is 0 Å². The lowest BCUT2D eigenvalue weighted by Gasteiger charge is -2.08. The lowest BCUT2D eigenvalue weighted by atomic mass is 10.1. The van der Waals surface area contributed by atoms with Crippen LogP contribution in [0.2, 0.25) is 10.0 Å². The summed E-state index contributed by atoms with van der Waals surface area (Å²) < 4.78 is 1.99. The number of hydrazone groups is 1. The van der Waals surface area contributed by atoms with Gasteiger partial charge >= 0.3 is 0 Å². The van der Waals surface area contributed by atoms with E-state index < -0.39 is 0 Å². The van der Waals surface area contributed by atoms with Crippen LogP contribution in [-0.4, -0.2) is 32.1 Å². The molecule has 0 bridgehead atoms. The lowest BCUT2D eigenvalue weighted by Crippen LogP contribution is -2.21. The maximum atomic E-state index is 12.3. The van der Waals surface area contributed by atoms with Gasteiger partial charge in [-0.1, -0.05) is 70.9 Å². The first kappa shape index (κ1) is 22.3. The summed E-state index contributed by atoms with van der Waals surface area (Å²) in [6.45, 7) is 6.53. The van der Waals surface area contributed by atoms with Crippen LogP contribution in [0.4, 0.5) is 0 Å². The van der Waals surface area contributed by atoms with Crippen LogP contribution in [0.1, 0.15) is 25.0 Å². The van der Waals surface area contributed by atoms with Crippen molar-refractivity contribution in [3.05, 3.63) is 63.6 Å². The molecule has 0 aliphatic rings. The van der Waals surface area contributed by atoms with Gasteiger partial charge in [0.2, 0.25) is 0 Å². The Kier molecular flexibility index (Phi) is 7.53. The molecule has 0 aliphatic heterocycles. The number of nitrogens with zero attached hydrogens (tertiary/aromatic N) is 4. The van der Waals surface area contributed by atoms with Crippen molar-refractivity contribution in [1.29, 1.82) is 0 Å². The smallest absolute Gasteiger partial charge is 0.250 e. The normalized spacial score (nSPS) is 11.6. The molecule has 9 heteroatoms. The molecule has 6 nitrogen and oxygen atoms in total. The minimum absolute atomic E-state index is 0.164. The van der Waals surface area contributed by atoms with Gasteiger partial charge in [0.15, 0.2) is 11.0 Å². The van der Waals surface area contributed by atoms with Crippen molar-refractivity contribution >= 4 is 46.6 Å². The second-order valence-electron chi connectivity index (χ2n) is 6.56. The van der Waals surface area contributed by atoms with Crippen LogP contribution in [0.5, 0.6) is 0 Å². The fourth-order valence-corrected chi connectivity index (χ4v) is 4.09. The van der Waals surface area contributed by atoms with Crippen LogP contribution in [0, 0.1) is 6.92 Å². The number of thioether (sulfide) groups is 1. The van der Waals surface area contributed by atoms with Crippen molar-refractivity contribution in [2.45, 2.75) is 32.5 Å². The number of carbonyl (C=O) groups excluding carboxylic acids is 1. The molecule has 3 aromatic rings. The van der Waals surface area contributed by atoms with Gasteiger partial charge in [-0.2, -0.15) is 5.10 Å². The van der Waals surface area contributed by atoms with Gasteiger partial charge < -0.3 is 4.57 Å². The van der Waals surface area contributed by atoms with Crippen molar-refractivity contribution in [2.24, 2.45) is 5.10 Å². The molecule has 30 heavy (non-hydrogen) atoms. The quantitative estimate of drug-likeness (QED) is 0.297. The van der Waals surface area contributed by atoms with E-state index in [-0.39, 0.29) is 11.7 Å². The number of hydrogen-bond donors (Lipinski definition) is 1. The summed E-state index contributed by atoms with van der Waals surface area (Å²) in [7, 11) is 0. The second-order valence-corrected chi connectivity index (χ2v) is 8.35. The Morgan fingerprint density at radius 1 is 1.17 bits per heavy atom. The Labute approximate surface area is 189 Å². The Balaban J connectivity index is 1.64. The fourth-order valence-electron chi connectivity index (χ4n) is 2.75. The number of amides is 1. The molecule has 1 amide bonds. The number of nitrogens with one attached hydrogen (secondary N) is 1. The molecule has 0 fully saturated rings. The van der Waals surface area contributed by atoms with Crippen LogP contribution in [0.3, 0.4) is 0 Å². The Hall–Kier alpha value is -2.35. The van der Waals surface area contributed by atoms with Crippen LogP contribution in [-0.2, 0) is 11.3 Å². The van der Waals surface area contributed by atoms with Crippen molar-refractivity contribution in [2.75, 3.05) is 5.75 Å². The summed E-state index contributed by atoms with van der Waals surface area (Å²) in [5, 5.41) is 14.4. The van der Waals surface area contributed by atoms with Crippen LogP contribution in [0.25, 0.3) is 11.4 Å². The molecule has 0 saturated carbocycles. The third kappa shape index (κ3) is 5.41.